The predicted molar refractivity (Wildman–Crippen MR) is 133 cm³/mol. The van der Waals surface area contributed by atoms with E-state index in [9.17, 15) is 27.9 Å². The van der Waals surface area contributed by atoms with Crippen molar-refractivity contribution in [3.05, 3.63) is 35.2 Å². The zero-order valence-corrected chi connectivity index (χ0v) is 21.1. The van der Waals surface area contributed by atoms with E-state index >= 15 is 0 Å². The van der Waals surface area contributed by atoms with Crippen molar-refractivity contribution in [3.8, 4) is 5.75 Å². The Kier molecular flexibility index (Phi) is 9.12. The minimum atomic E-state index is -4.63. The zero-order chi connectivity index (χ0) is 26.5. The van der Waals surface area contributed by atoms with Crippen molar-refractivity contribution >= 4 is 36.2 Å². The lowest BCUT2D eigenvalue weighted by Crippen LogP contribution is -2.48. The van der Waals surface area contributed by atoms with Crippen molar-refractivity contribution in [3.63, 3.8) is 0 Å². The Morgan fingerprint density at radius 1 is 1.25 bits per heavy atom. The highest BCUT2D eigenvalue weighted by Gasteiger charge is 2.33. The number of phenolic OH excluding ortho intramolecular Hbond substituents is 1. The minimum Gasteiger partial charge on any atom is -0.506 e. The molecule has 36 heavy (non-hydrogen) atoms. The maximum Gasteiger partial charge on any atom is 0.416 e. The summed E-state index contributed by atoms with van der Waals surface area (Å²) in [4.78, 5) is 28.1. The van der Waals surface area contributed by atoms with Crippen molar-refractivity contribution < 1.29 is 27.9 Å². The molecule has 0 unspecified atom stereocenters. The first kappa shape index (κ1) is 27.7. The van der Waals surface area contributed by atoms with E-state index in [1.54, 1.807) is 7.05 Å². The van der Waals surface area contributed by atoms with Crippen LogP contribution in [0.25, 0.3) is 0 Å². The van der Waals surface area contributed by atoms with Gasteiger partial charge in [0, 0.05) is 50.9 Å². The maximum atomic E-state index is 13.5. The van der Waals surface area contributed by atoms with Crippen LogP contribution in [0.2, 0.25) is 0 Å². The molecule has 2 amide bonds. The number of carbonyl (C=O) groups is 2. The van der Waals surface area contributed by atoms with Crippen LogP contribution in [-0.2, 0) is 15.8 Å². The number of nitrogens with one attached hydrogen (secondary N) is 2. The summed E-state index contributed by atoms with van der Waals surface area (Å²) in [6.07, 6.45) is -1.61. The normalized spacial score (nSPS) is 17.3. The van der Waals surface area contributed by atoms with Crippen LogP contribution < -0.4 is 10.6 Å². The fourth-order valence-corrected chi connectivity index (χ4v) is 4.91. The van der Waals surface area contributed by atoms with Gasteiger partial charge >= 0.3 is 6.18 Å². The third-order valence-corrected chi connectivity index (χ3v) is 7.25. The summed E-state index contributed by atoms with van der Waals surface area (Å²) in [6.45, 7) is 7.61. The summed E-state index contributed by atoms with van der Waals surface area (Å²) in [5.41, 5.74) is -0.174. The van der Waals surface area contributed by atoms with Gasteiger partial charge in [0.2, 0.25) is 5.91 Å². The van der Waals surface area contributed by atoms with Crippen molar-refractivity contribution in [2.75, 3.05) is 45.1 Å². The molecule has 1 aromatic carbocycles. The van der Waals surface area contributed by atoms with Gasteiger partial charge < -0.3 is 20.6 Å². The third kappa shape index (κ3) is 7.06. The predicted octanol–water partition coefficient (Wildman–Crippen LogP) is 3.06. The van der Waals surface area contributed by atoms with Crippen LogP contribution in [0.1, 0.15) is 31.7 Å². The molecule has 1 saturated carbocycles. The molecule has 1 saturated heterocycles. The lowest BCUT2D eigenvalue weighted by atomic mass is 10.2. The number of amides is 2. The van der Waals surface area contributed by atoms with Gasteiger partial charge in [-0.25, -0.2) is 9.31 Å². The van der Waals surface area contributed by atoms with Gasteiger partial charge in [0.25, 0.3) is 5.91 Å². The van der Waals surface area contributed by atoms with Crippen molar-refractivity contribution in [2.24, 2.45) is 5.10 Å². The summed E-state index contributed by atoms with van der Waals surface area (Å²) in [6, 6.07) is 2.21. The van der Waals surface area contributed by atoms with E-state index in [4.69, 9.17) is 0 Å². The molecule has 2 aliphatic rings. The van der Waals surface area contributed by atoms with E-state index in [-0.39, 0.29) is 5.69 Å². The summed E-state index contributed by atoms with van der Waals surface area (Å²) >= 11 is 1.87. The lowest BCUT2D eigenvalue weighted by molar-refractivity contribution is -0.137. The highest BCUT2D eigenvalue weighted by atomic mass is 32.2. The molecule has 1 aliphatic heterocycles. The molecule has 1 aliphatic carbocycles. The SMILES string of the molecule is C=NN(CC(=O)Nc1ccc(C(F)(F)F)cc1O)C(=O)/C(=C(/CC)NC)N1CCN(SC2CC2)CC1. The number of allylic oxidation sites excluding steroid dienone is 1. The van der Waals surface area contributed by atoms with Gasteiger partial charge in [-0.2, -0.15) is 18.3 Å². The second-order valence-electron chi connectivity index (χ2n) is 8.43. The van der Waals surface area contributed by atoms with Crippen molar-refractivity contribution in [1.29, 1.82) is 0 Å². The Labute approximate surface area is 212 Å². The Morgan fingerprint density at radius 2 is 1.92 bits per heavy atom. The molecule has 1 aromatic rings. The summed E-state index contributed by atoms with van der Waals surface area (Å²) < 4.78 is 40.8. The number of aromatic hydroxyl groups is 1. The first-order valence-electron chi connectivity index (χ1n) is 11.6. The molecule has 0 radical (unpaired) electrons. The smallest absolute Gasteiger partial charge is 0.416 e. The third-order valence-electron chi connectivity index (χ3n) is 5.82. The number of piperazine rings is 1. The Morgan fingerprint density at radius 3 is 2.42 bits per heavy atom. The molecular formula is C23H31F3N6O3S. The Balaban J connectivity index is 1.70. The highest BCUT2D eigenvalue weighted by molar-refractivity contribution is 7.97. The number of hydrazone groups is 1. The Hall–Kier alpha value is -2.93. The van der Waals surface area contributed by atoms with Crippen LogP contribution in [0.3, 0.4) is 0 Å². The van der Waals surface area contributed by atoms with Crippen LogP contribution in [-0.4, -0.2) is 82.9 Å². The second-order valence-corrected chi connectivity index (χ2v) is 9.83. The van der Waals surface area contributed by atoms with Crippen LogP contribution >= 0.6 is 11.9 Å². The number of hydrogen-bond acceptors (Lipinski definition) is 8. The standard InChI is InChI=1S/C23H31F3N6O3S/c1-4-17(27-2)21(30-9-11-31(12-10-30)36-16-6-7-16)22(35)32(28-3)14-20(34)29-18-8-5-15(13-19(18)33)23(24,25)26/h5,8,13,16,27,33H,3-4,6-7,9-12,14H2,1-2H3,(H,29,34)/b21-17+. The number of phenols is 1. The van der Waals surface area contributed by atoms with E-state index < -0.39 is 35.8 Å². The zero-order valence-electron chi connectivity index (χ0n) is 20.3. The van der Waals surface area contributed by atoms with Gasteiger partial charge in [0.05, 0.1) is 11.3 Å². The average Bonchev–Trinajstić information content (AvgIpc) is 3.66. The van der Waals surface area contributed by atoms with Crippen molar-refractivity contribution in [1.82, 2.24) is 19.5 Å². The second kappa shape index (κ2) is 11.9. The van der Waals surface area contributed by atoms with Crippen LogP contribution in [0.4, 0.5) is 18.9 Å². The molecule has 0 atom stereocenters. The quantitative estimate of drug-likeness (QED) is 0.141. The van der Waals surface area contributed by atoms with Gasteiger partial charge in [0.15, 0.2) is 0 Å². The van der Waals surface area contributed by atoms with Gasteiger partial charge in [-0.1, -0.05) is 18.9 Å². The highest BCUT2D eigenvalue weighted by Crippen LogP contribution is 2.37. The molecule has 0 spiro atoms. The largest absolute Gasteiger partial charge is 0.506 e. The summed E-state index contributed by atoms with van der Waals surface area (Å²) in [5, 5.41) is 20.6. The van der Waals surface area contributed by atoms with E-state index in [1.807, 2.05) is 23.8 Å². The molecule has 3 rings (SSSR count). The molecule has 13 heteroatoms. The number of hydrogen-bond donors (Lipinski definition) is 3. The summed E-state index contributed by atoms with van der Waals surface area (Å²) in [7, 11) is 1.72. The van der Waals surface area contributed by atoms with Gasteiger partial charge in [-0.05, 0) is 37.5 Å². The lowest BCUT2D eigenvalue weighted by Gasteiger charge is -2.37. The van der Waals surface area contributed by atoms with E-state index in [1.165, 1.54) is 12.8 Å². The summed E-state index contributed by atoms with van der Waals surface area (Å²) in [5.74, 6) is -2.02. The number of anilines is 1. The molecule has 9 nitrogen and oxygen atoms in total. The molecule has 198 valence electrons. The fourth-order valence-electron chi connectivity index (χ4n) is 3.77. The molecule has 1 heterocycles. The monoisotopic (exact) mass is 528 g/mol. The molecule has 3 N–H and O–H groups in total. The Bertz CT molecular complexity index is 1000. The van der Waals surface area contributed by atoms with Crippen LogP contribution in [0.15, 0.2) is 34.7 Å². The fraction of sp³-hybridized carbons (Fsp3) is 0.522. The van der Waals surface area contributed by atoms with E-state index in [2.05, 4.69) is 26.8 Å². The first-order valence-corrected chi connectivity index (χ1v) is 12.5. The number of carbonyl (C=O) groups excluding carboxylic acids is 2. The number of halogens is 3. The van der Waals surface area contributed by atoms with Gasteiger partial charge in [-0.3, -0.25) is 9.59 Å². The molecular weight excluding hydrogens is 497 g/mol. The number of nitrogens with zero attached hydrogens (tertiary/aromatic N) is 4. The van der Waals surface area contributed by atoms with E-state index in [0.29, 0.717) is 42.2 Å². The van der Waals surface area contributed by atoms with Gasteiger partial charge in [0.1, 0.15) is 18.0 Å². The number of benzene rings is 1. The first-order chi connectivity index (χ1) is 17.1. The molecule has 0 aromatic heterocycles. The van der Waals surface area contributed by atoms with E-state index in [0.717, 1.165) is 30.2 Å². The molecule has 2 fully saturated rings. The molecule has 0 bridgehead atoms. The van der Waals surface area contributed by atoms with Crippen LogP contribution in [0, 0.1) is 0 Å². The van der Waals surface area contributed by atoms with Gasteiger partial charge in [-0.15, -0.1) is 0 Å². The number of alkyl halides is 3. The average molecular weight is 529 g/mol. The number of rotatable bonds is 10. The van der Waals surface area contributed by atoms with Crippen molar-refractivity contribution in [2.45, 2.75) is 37.6 Å². The minimum absolute atomic E-state index is 0.214. The maximum absolute atomic E-state index is 13.5. The van der Waals surface area contributed by atoms with Crippen LogP contribution in [0.5, 0.6) is 5.75 Å². The topological polar surface area (TPSA) is 101 Å².